The molecule has 0 spiro atoms. The van der Waals surface area contributed by atoms with Crippen molar-refractivity contribution < 1.29 is 4.79 Å². The highest BCUT2D eigenvalue weighted by Crippen LogP contribution is 2.36. The molecule has 2 aromatic carbocycles. The number of carbonyl (C=O) groups is 1. The van der Waals surface area contributed by atoms with Gasteiger partial charge in [0.15, 0.2) is 4.34 Å². The Morgan fingerprint density at radius 3 is 2.74 bits per heavy atom. The van der Waals surface area contributed by atoms with Crippen LogP contribution in [0, 0.1) is 0 Å². The number of para-hydroxylation sites is 2. The second kappa shape index (κ2) is 7.70. The van der Waals surface area contributed by atoms with E-state index in [0.717, 1.165) is 27.3 Å². The monoisotopic (exact) mass is 396 g/mol. The van der Waals surface area contributed by atoms with E-state index in [1.165, 1.54) is 28.7 Å². The summed E-state index contributed by atoms with van der Waals surface area (Å²) in [4.78, 5) is 15.0. The zero-order valence-electron chi connectivity index (χ0n) is 15.1. The Balaban J connectivity index is 1.43. The second-order valence-corrected chi connectivity index (χ2v) is 9.08. The summed E-state index contributed by atoms with van der Waals surface area (Å²) in [6.07, 6.45) is 0.906. The summed E-state index contributed by atoms with van der Waals surface area (Å²) in [5, 5.41) is 12.1. The first-order valence-corrected chi connectivity index (χ1v) is 10.5. The zero-order valence-corrected chi connectivity index (χ0v) is 16.8. The summed E-state index contributed by atoms with van der Waals surface area (Å²) < 4.78 is 0.786. The van der Waals surface area contributed by atoms with Gasteiger partial charge in [-0.2, -0.15) is 0 Å². The first-order valence-electron chi connectivity index (χ1n) is 8.85. The van der Waals surface area contributed by atoms with Gasteiger partial charge in [-0.3, -0.25) is 4.79 Å². The molecule has 0 saturated heterocycles. The van der Waals surface area contributed by atoms with Crippen LogP contribution < -0.4 is 10.2 Å². The fraction of sp³-hybridized carbons (Fsp3) is 0.250. The van der Waals surface area contributed by atoms with Crippen LogP contribution >= 0.6 is 23.1 Å². The molecule has 1 aliphatic heterocycles. The van der Waals surface area contributed by atoms with Crippen LogP contribution in [0.15, 0.2) is 58.9 Å². The molecule has 4 rings (SSSR count). The van der Waals surface area contributed by atoms with E-state index < -0.39 is 0 Å². The molecule has 5 nitrogen and oxygen atoms in total. The van der Waals surface area contributed by atoms with Crippen molar-refractivity contribution in [1.29, 1.82) is 0 Å². The van der Waals surface area contributed by atoms with Gasteiger partial charge in [0.25, 0.3) is 0 Å². The fourth-order valence-corrected chi connectivity index (χ4v) is 5.22. The van der Waals surface area contributed by atoms with Crippen molar-refractivity contribution >= 4 is 45.5 Å². The lowest BCUT2D eigenvalue weighted by atomic mass is 10.1. The molecule has 0 radical (unpaired) electrons. The van der Waals surface area contributed by atoms with Gasteiger partial charge in [0.2, 0.25) is 11.0 Å². The topological polar surface area (TPSA) is 58.1 Å². The van der Waals surface area contributed by atoms with Gasteiger partial charge in [-0.25, -0.2) is 0 Å². The summed E-state index contributed by atoms with van der Waals surface area (Å²) in [6, 6.07) is 18.2. The number of carbonyl (C=O) groups excluding carboxylic acids is 1. The minimum atomic E-state index is -0.226. The molecule has 0 saturated carbocycles. The third kappa shape index (κ3) is 3.84. The van der Waals surface area contributed by atoms with Crippen molar-refractivity contribution in [1.82, 2.24) is 10.2 Å². The largest absolute Gasteiger partial charge is 0.330 e. The maximum Gasteiger partial charge on any atom is 0.240 e. The summed E-state index contributed by atoms with van der Waals surface area (Å²) >= 11 is 2.92. The third-order valence-corrected chi connectivity index (χ3v) is 6.51. The Kier molecular flexibility index (Phi) is 5.13. The van der Waals surface area contributed by atoms with E-state index >= 15 is 0 Å². The number of rotatable bonds is 5. The average Bonchev–Trinajstić information content (AvgIpc) is 3.24. The first kappa shape index (κ1) is 18.0. The van der Waals surface area contributed by atoms with Crippen LogP contribution in [0.3, 0.4) is 0 Å². The molecular weight excluding hydrogens is 376 g/mol. The van der Waals surface area contributed by atoms with Gasteiger partial charge in [-0.1, -0.05) is 59.5 Å². The van der Waals surface area contributed by atoms with Crippen molar-refractivity contribution in [2.75, 3.05) is 10.2 Å². The molecule has 7 heteroatoms. The highest BCUT2D eigenvalue weighted by Gasteiger charge is 2.33. The number of aromatic nitrogens is 2. The molecule has 3 aromatic rings. The lowest BCUT2D eigenvalue weighted by Gasteiger charge is -2.25. The SMILES string of the molecule is C[C@H](Sc1nnc(Nc2ccccc2)s1)C(=O)N1c2ccccc2C[C@@H]1C. The molecule has 2 atom stereocenters. The van der Waals surface area contributed by atoms with E-state index in [0.29, 0.717) is 0 Å². The summed E-state index contributed by atoms with van der Waals surface area (Å²) in [5.74, 6) is 0.116. The van der Waals surface area contributed by atoms with E-state index in [4.69, 9.17) is 0 Å². The van der Waals surface area contributed by atoms with E-state index in [1.807, 2.05) is 60.4 Å². The van der Waals surface area contributed by atoms with E-state index in [-0.39, 0.29) is 17.2 Å². The van der Waals surface area contributed by atoms with Gasteiger partial charge in [0.05, 0.1) is 5.25 Å². The number of thioether (sulfide) groups is 1. The molecular formula is C20H20N4OS2. The fourth-order valence-electron chi connectivity index (χ4n) is 3.25. The molecule has 0 bridgehead atoms. The molecule has 2 heterocycles. The number of hydrogen-bond acceptors (Lipinski definition) is 6. The molecule has 0 aliphatic carbocycles. The number of nitrogens with one attached hydrogen (secondary N) is 1. The number of amides is 1. The maximum atomic E-state index is 13.1. The molecule has 138 valence electrons. The molecule has 0 fully saturated rings. The molecule has 1 aliphatic rings. The van der Waals surface area contributed by atoms with Crippen LogP contribution in [-0.4, -0.2) is 27.4 Å². The van der Waals surface area contributed by atoms with Gasteiger partial charge >= 0.3 is 0 Å². The number of fused-ring (bicyclic) bond motifs is 1. The Bertz CT molecular complexity index is 944. The van der Waals surface area contributed by atoms with E-state index in [9.17, 15) is 4.79 Å². The highest BCUT2D eigenvalue weighted by molar-refractivity contribution is 8.02. The smallest absolute Gasteiger partial charge is 0.240 e. The van der Waals surface area contributed by atoms with Crippen LogP contribution in [0.25, 0.3) is 0 Å². The van der Waals surface area contributed by atoms with Gasteiger partial charge in [0.1, 0.15) is 0 Å². The van der Waals surface area contributed by atoms with Gasteiger partial charge in [-0.05, 0) is 44.0 Å². The number of nitrogens with zero attached hydrogens (tertiary/aromatic N) is 3. The van der Waals surface area contributed by atoms with Gasteiger partial charge < -0.3 is 10.2 Å². The quantitative estimate of drug-likeness (QED) is 0.631. The van der Waals surface area contributed by atoms with Crippen LogP contribution in [-0.2, 0) is 11.2 Å². The second-order valence-electron chi connectivity index (χ2n) is 6.51. The molecule has 1 N–H and O–H groups in total. The summed E-state index contributed by atoms with van der Waals surface area (Å²) in [7, 11) is 0. The Hall–Kier alpha value is -2.38. The van der Waals surface area contributed by atoms with Crippen LogP contribution in [0.1, 0.15) is 19.4 Å². The Morgan fingerprint density at radius 2 is 1.93 bits per heavy atom. The molecule has 27 heavy (non-hydrogen) atoms. The molecule has 0 unspecified atom stereocenters. The Morgan fingerprint density at radius 1 is 1.19 bits per heavy atom. The average molecular weight is 397 g/mol. The van der Waals surface area contributed by atoms with Crippen molar-refractivity contribution in [3.05, 3.63) is 60.2 Å². The predicted molar refractivity (Wildman–Crippen MR) is 112 cm³/mol. The first-order chi connectivity index (χ1) is 13.1. The third-order valence-electron chi connectivity index (χ3n) is 4.50. The van der Waals surface area contributed by atoms with Crippen LogP contribution in [0.2, 0.25) is 0 Å². The standard InChI is InChI=1S/C20H20N4OS2/c1-13-12-15-8-6-7-11-17(15)24(13)18(25)14(2)26-20-23-22-19(27-20)21-16-9-4-3-5-10-16/h3-11,13-14H,12H2,1-2H3,(H,21,22)/t13-,14-/m0/s1. The summed E-state index contributed by atoms with van der Waals surface area (Å²) in [5.41, 5.74) is 3.24. The lowest BCUT2D eigenvalue weighted by molar-refractivity contribution is -0.118. The van der Waals surface area contributed by atoms with E-state index in [2.05, 4.69) is 28.5 Å². The molecule has 1 aromatic heterocycles. The summed E-state index contributed by atoms with van der Waals surface area (Å²) in [6.45, 7) is 4.04. The molecule has 1 amide bonds. The Labute approximate surface area is 166 Å². The number of hydrogen-bond donors (Lipinski definition) is 1. The minimum Gasteiger partial charge on any atom is -0.330 e. The lowest BCUT2D eigenvalue weighted by Crippen LogP contribution is -2.40. The maximum absolute atomic E-state index is 13.1. The number of benzene rings is 2. The van der Waals surface area contributed by atoms with Crippen molar-refractivity contribution in [2.45, 2.75) is 35.9 Å². The number of anilines is 3. The highest BCUT2D eigenvalue weighted by atomic mass is 32.2. The van der Waals surface area contributed by atoms with Crippen LogP contribution in [0.4, 0.5) is 16.5 Å². The van der Waals surface area contributed by atoms with Crippen LogP contribution in [0.5, 0.6) is 0 Å². The minimum absolute atomic E-state index is 0.116. The van der Waals surface area contributed by atoms with Crippen molar-refractivity contribution in [2.24, 2.45) is 0 Å². The van der Waals surface area contributed by atoms with Gasteiger partial charge in [-0.15, -0.1) is 10.2 Å². The van der Waals surface area contributed by atoms with Gasteiger partial charge in [0, 0.05) is 17.4 Å². The van der Waals surface area contributed by atoms with Crippen molar-refractivity contribution in [3.63, 3.8) is 0 Å². The zero-order chi connectivity index (χ0) is 18.8. The van der Waals surface area contributed by atoms with Crippen molar-refractivity contribution in [3.8, 4) is 0 Å². The normalized spacial score (nSPS) is 16.8. The predicted octanol–water partition coefficient (Wildman–Crippen LogP) is 4.74. The van der Waals surface area contributed by atoms with E-state index in [1.54, 1.807) is 0 Å².